The lowest BCUT2D eigenvalue weighted by Gasteiger charge is -2.27. The summed E-state index contributed by atoms with van der Waals surface area (Å²) in [5.74, 6) is -1.15. The number of hydrogen-bond donors (Lipinski definition) is 0. The lowest BCUT2D eigenvalue weighted by Crippen LogP contribution is -2.37. The number of nitro groups is 1. The number of rotatable bonds is 6. The summed E-state index contributed by atoms with van der Waals surface area (Å²) >= 11 is 1.51. The Morgan fingerprint density at radius 3 is 2.71 bits per heavy atom. The van der Waals surface area contributed by atoms with Gasteiger partial charge in [0.1, 0.15) is 13.2 Å². The van der Waals surface area contributed by atoms with Gasteiger partial charge in [0.05, 0.1) is 23.1 Å². The Morgan fingerprint density at radius 1 is 1.17 bits per heavy atom. The zero-order valence-corrected chi connectivity index (χ0v) is 19.2. The molecule has 0 bridgehead atoms. The highest BCUT2D eigenvalue weighted by Crippen LogP contribution is 2.36. The van der Waals surface area contributed by atoms with Crippen molar-refractivity contribution in [2.75, 3.05) is 29.6 Å². The van der Waals surface area contributed by atoms with Crippen LogP contribution in [-0.2, 0) is 16.1 Å². The number of thiophene rings is 1. The molecule has 5 rings (SSSR count). The zero-order valence-electron chi connectivity index (χ0n) is 18.4. The second kappa shape index (κ2) is 9.34. The Bertz CT molecular complexity index is 1300. The first-order valence-electron chi connectivity index (χ1n) is 10.9. The molecule has 3 aromatic rings. The average Bonchev–Trinajstić information content (AvgIpc) is 3.51. The van der Waals surface area contributed by atoms with Crippen LogP contribution in [0.2, 0.25) is 0 Å². The van der Waals surface area contributed by atoms with Crippen LogP contribution in [-0.4, -0.2) is 36.5 Å². The summed E-state index contributed by atoms with van der Waals surface area (Å²) in [5, 5.41) is 13.0. The van der Waals surface area contributed by atoms with Crippen molar-refractivity contribution in [3.8, 4) is 11.5 Å². The van der Waals surface area contributed by atoms with Crippen molar-refractivity contribution in [2.45, 2.75) is 13.0 Å². The second-order valence-corrected chi connectivity index (χ2v) is 9.16. The van der Waals surface area contributed by atoms with Crippen molar-refractivity contribution < 1.29 is 28.4 Å². The summed E-state index contributed by atoms with van der Waals surface area (Å²) in [6.45, 7) is 1.20. The SMILES string of the molecule is O=C1CC(C(=O)N(Cc2cccs2)c2ccc3c(c2)OCCO3)CN1c1ccc(F)c([N+](=O)[O-])c1. The molecule has 0 saturated carbocycles. The summed E-state index contributed by atoms with van der Waals surface area (Å²) in [7, 11) is 0. The van der Waals surface area contributed by atoms with Crippen LogP contribution in [0.1, 0.15) is 11.3 Å². The van der Waals surface area contributed by atoms with E-state index in [9.17, 15) is 24.1 Å². The number of fused-ring (bicyclic) bond motifs is 1. The lowest BCUT2D eigenvalue weighted by molar-refractivity contribution is -0.387. The minimum atomic E-state index is -0.987. The van der Waals surface area contributed by atoms with Crippen molar-refractivity contribution in [3.63, 3.8) is 0 Å². The monoisotopic (exact) mass is 497 g/mol. The number of halogens is 1. The Labute approximate surface area is 203 Å². The fourth-order valence-electron chi connectivity index (χ4n) is 4.21. The van der Waals surface area contributed by atoms with E-state index >= 15 is 0 Å². The van der Waals surface area contributed by atoms with Gasteiger partial charge < -0.3 is 19.3 Å². The molecular formula is C24H20FN3O6S. The van der Waals surface area contributed by atoms with Gasteiger partial charge in [-0.15, -0.1) is 11.3 Å². The average molecular weight is 498 g/mol. The molecule has 180 valence electrons. The number of amides is 2. The summed E-state index contributed by atoms with van der Waals surface area (Å²) in [5.41, 5.74) is 0.0687. The molecule has 2 aliphatic rings. The van der Waals surface area contributed by atoms with Crippen molar-refractivity contribution in [1.29, 1.82) is 0 Å². The third-order valence-electron chi connectivity index (χ3n) is 5.91. The highest BCUT2D eigenvalue weighted by Gasteiger charge is 2.38. The molecule has 35 heavy (non-hydrogen) atoms. The molecular weight excluding hydrogens is 477 g/mol. The topological polar surface area (TPSA) is 102 Å². The maximum Gasteiger partial charge on any atom is 0.306 e. The summed E-state index contributed by atoms with van der Waals surface area (Å²) < 4.78 is 25.0. The number of carbonyl (C=O) groups is 2. The summed E-state index contributed by atoms with van der Waals surface area (Å²) in [6, 6.07) is 12.4. The standard InChI is InChI=1S/C24H20FN3O6S/c25-19-5-3-16(11-20(19)28(31)32)26-13-15(10-23(26)29)24(30)27(14-18-2-1-9-35-18)17-4-6-21-22(12-17)34-8-7-33-21/h1-6,9,11-12,15H,7-8,10,13-14H2. The Morgan fingerprint density at radius 2 is 1.97 bits per heavy atom. The summed E-state index contributed by atoms with van der Waals surface area (Å²) in [6.07, 6.45) is -0.0600. The van der Waals surface area contributed by atoms with Crippen LogP contribution in [0.3, 0.4) is 0 Å². The molecule has 1 atom stereocenters. The molecule has 2 aliphatic heterocycles. The molecule has 0 aliphatic carbocycles. The van der Waals surface area contributed by atoms with Gasteiger partial charge in [-0.3, -0.25) is 19.7 Å². The number of nitrogens with zero attached hydrogens (tertiary/aromatic N) is 3. The van der Waals surface area contributed by atoms with Gasteiger partial charge in [-0.25, -0.2) is 0 Å². The van der Waals surface area contributed by atoms with E-state index in [-0.39, 0.29) is 30.5 Å². The Kier molecular flexibility index (Phi) is 6.08. The van der Waals surface area contributed by atoms with E-state index in [2.05, 4.69) is 0 Å². The largest absolute Gasteiger partial charge is 0.486 e. The first-order chi connectivity index (χ1) is 16.9. The number of anilines is 2. The van der Waals surface area contributed by atoms with Crippen LogP contribution in [0.5, 0.6) is 11.5 Å². The van der Waals surface area contributed by atoms with Gasteiger partial charge in [-0.05, 0) is 35.7 Å². The molecule has 0 N–H and O–H groups in total. The first-order valence-corrected chi connectivity index (χ1v) is 11.8. The quantitative estimate of drug-likeness (QED) is 0.375. The third kappa shape index (κ3) is 4.54. The van der Waals surface area contributed by atoms with Crippen LogP contribution >= 0.6 is 11.3 Å². The van der Waals surface area contributed by atoms with E-state index in [4.69, 9.17) is 9.47 Å². The second-order valence-electron chi connectivity index (χ2n) is 8.13. The van der Waals surface area contributed by atoms with Crippen molar-refractivity contribution >= 4 is 40.2 Å². The van der Waals surface area contributed by atoms with Crippen LogP contribution in [0.25, 0.3) is 0 Å². The lowest BCUT2D eigenvalue weighted by atomic mass is 10.1. The molecule has 1 unspecified atom stereocenters. The maximum atomic E-state index is 13.8. The summed E-state index contributed by atoms with van der Waals surface area (Å²) in [4.78, 5) is 40.6. The molecule has 9 nitrogen and oxygen atoms in total. The van der Waals surface area contributed by atoms with Gasteiger partial charge in [-0.2, -0.15) is 4.39 Å². The number of ether oxygens (including phenoxy) is 2. The molecule has 1 aromatic heterocycles. The third-order valence-corrected chi connectivity index (χ3v) is 6.77. The van der Waals surface area contributed by atoms with Crippen LogP contribution < -0.4 is 19.3 Å². The molecule has 1 saturated heterocycles. The minimum absolute atomic E-state index is 0.0337. The molecule has 3 heterocycles. The zero-order chi connectivity index (χ0) is 24.5. The van der Waals surface area contributed by atoms with E-state index in [1.54, 1.807) is 23.1 Å². The molecule has 1 fully saturated rings. The molecule has 2 amide bonds. The van der Waals surface area contributed by atoms with Gasteiger partial charge >= 0.3 is 5.69 Å². The van der Waals surface area contributed by atoms with E-state index < -0.39 is 22.3 Å². The van der Waals surface area contributed by atoms with Crippen molar-refractivity contribution in [2.24, 2.45) is 5.92 Å². The van der Waals surface area contributed by atoms with Gasteiger partial charge in [0.15, 0.2) is 11.5 Å². The van der Waals surface area contributed by atoms with E-state index in [0.29, 0.717) is 36.9 Å². The number of benzene rings is 2. The number of hydrogen-bond acceptors (Lipinski definition) is 7. The van der Waals surface area contributed by atoms with Gasteiger partial charge in [0.25, 0.3) is 0 Å². The number of nitro benzene ring substituents is 1. The normalized spacial score (nSPS) is 16.9. The minimum Gasteiger partial charge on any atom is -0.486 e. The van der Waals surface area contributed by atoms with E-state index in [1.807, 2.05) is 17.5 Å². The Hall–Kier alpha value is -3.99. The van der Waals surface area contributed by atoms with Gasteiger partial charge in [0.2, 0.25) is 17.6 Å². The van der Waals surface area contributed by atoms with E-state index in [1.165, 1.54) is 22.3 Å². The predicted molar refractivity (Wildman–Crippen MR) is 126 cm³/mol. The smallest absolute Gasteiger partial charge is 0.306 e. The van der Waals surface area contributed by atoms with E-state index in [0.717, 1.165) is 17.0 Å². The Balaban J connectivity index is 1.42. The highest BCUT2D eigenvalue weighted by atomic mass is 32.1. The fourth-order valence-corrected chi connectivity index (χ4v) is 4.90. The highest BCUT2D eigenvalue weighted by molar-refractivity contribution is 7.09. The van der Waals surface area contributed by atoms with Crippen LogP contribution in [0.15, 0.2) is 53.9 Å². The number of carbonyl (C=O) groups excluding carboxylic acids is 2. The van der Waals surface area contributed by atoms with Crippen LogP contribution in [0.4, 0.5) is 21.5 Å². The fraction of sp³-hybridized carbons (Fsp3) is 0.250. The van der Waals surface area contributed by atoms with Crippen molar-refractivity contribution in [3.05, 3.63) is 74.7 Å². The molecule has 0 radical (unpaired) electrons. The maximum absolute atomic E-state index is 13.8. The van der Waals surface area contributed by atoms with Gasteiger partial charge in [-0.1, -0.05) is 6.07 Å². The van der Waals surface area contributed by atoms with Crippen LogP contribution in [0, 0.1) is 21.8 Å². The molecule has 2 aromatic carbocycles. The molecule has 0 spiro atoms. The predicted octanol–water partition coefficient (Wildman–Crippen LogP) is 4.15. The van der Waals surface area contributed by atoms with Crippen molar-refractivity contribution in [1.82, 2.24) is 0 Å². The first kappa shape index (κ1) is 22.8. The molecule has 11 heteroatoms. The van der Waals surface area contributed by atoms with Gasteiger partial charge in [0, 0.05) is 35.7 Å².